The van der Waals surface area contributed by atoms with E-state index in [1.807, 2.05) is 47.2 Å². The van der Waals surface area contributed by atoms with Crippen LogP contribution >= 0.6 is 11.8 Å². The standard InChI is InChI=1S/C24H26F3N3OS/c1-3-16-6-9-20-30(11-14(2)32-20)22(16)23(31)28-10-15-4-7-17(8-5-15)29-12-18-19(13-29)21(18)24(25,26)27/h4-5,7-9,11,18-19,21H,3,6,10,12-13H2,1-2H3,(H,28,31). The Morgan fingerprint density at radius 1 is 1.19 bits per heavy atom. The molecule has 1 aromatic carbocycles. The molecule has 1 aromatic rings. The van der Waals surface area contributed by atoms with Crippen molar-refractivity contribution >= 4 is 23.4 Å². The van der Waals surface area contributed by atoms with Crippen molar-refractivity contribution in [2.45, 2.75) is 39.4 Å². The second-order valence-electron chi connectivity index (χ2n) is 8.91. The Labute approximate surface area is 190 Å². The van der Waals surface area contributed by atoms with Gasteiger partial charge in [-0.15, -0.1) is 0 Å². The van der Waals surface area contributed by atoms with Crippen LogP contribution in [0.3, 0.4) is 0 Å². The summed E-state index contributed by atoms with van der Waals surface area (Å²) in [5.74, 6) is -1.71. The van der Waals surface area contributed by atoms with E-state index in [9.17, 15) is 18.0 Å². The predicted octanol–water partition coefficient (Wildman–Crippen LogP) is 5.37. The average Bonchev–Trinajstić information content (AvgIpc) is 3.09. The first-order valence-corrected chi connectivity index (χ1v) is 11.8. The van der Waals surface area contributed by atoms with Crippen LogP contribution in [0.25, 0.3) is 0 Å². The number of rotatable bonds is 5. The topological polar surface area (TPSA) is 35.6 Å². The zero-order valence-electron chi connectivity index (χ0n) is 18.1. The summed E-state index contributed by atoms with van der Waals surface area (Å²) in [7, 11) is 0. The summed E-state index contributed by atoms with van der Waals surface area (Å²) >= 11 is 1.68. The molecule has 4 aliphatic rings. The molecule has 3 aliphatic heterocycles. The highest BCUT2D eigenvalue weighted by Crippen LogP contribution is 2.59. The van der Waals surface area contributed by atoms with Crippen molar-refractivity contribution < 1.29 is 18.0 Å². The van der Waals surface area contributed by atoms with Crippen molar-refractivity contribution in [3.63, 3.8) is 0 Å². The van der Waals surface area contributed by atoms with Crippen molar-refractivity contribution in [3.8, 4) is 0 Å². The maximum absolute atomic E-state index is 13.0. The number of carbonyl (C=O) groups is 1. The summed E-state index contributed by atoms with van der Waals surface area (Å²) in [6.45, 7) is 5.45. The molecule has 1 saturated carbocycles. The number of nitrogens with one attached hydrogen (secondary N) is 1. The third-order valence-corrected chi connectivity index (χ3v) is 7.88. The highest BCUT2D eigenvalue weighted by Gasteiger charge is 2.67. The van der Waals surface area contributed by atoms with Gasteiger partial charge in [0.2, 0.25) is 0 Å². The fourth-order valence-electron chi connectivity index (χ4n) is 5.17. The SMILES string of the molecule is CCC1=C(C(=O)NCc2ccc(N3CC4C(C3)C4C(F)(F)F)cc2)N2C=C(C)SC2=CC1. The van der Waals surface area contributed by atoms with Crippen LogP contribution in [-0.2, 0) is 11.3 Å². The summed E-state index contributed by atoms with van der Waals surface area (Å²) < 4.78 is 38.7. The van der Waals surface area contributed by atoms with Gasteiger partial charge in [0.05, 0.1) is 10.9 Å². The summed E-state index contributed by atoms with van der Waals surface area (Å²) in [5, 5.41) is 4.13. The Hall–Kier alpha value is -2.35. The zero-order chi connectivity index (χ0) is 22.6. The number of hydrogen-bond donors (Lipinski definition) is 1. The van der Waals surface area contributed by atoms with E-state index < -0.39 is 12.1 Å². The lowest BCUT2D eigenvalue weighted by Gasteiger charge is -2.27. The van der Waals surface area contributed by atoms with Gasteiger partial charge in [0.25, 0.3) is 5.91 Å². The molecule has 0 radical (unpaired) electrons. The number of hydrogen-bond acceptors (Lipinski definition) is 4. The predicted molar refractivity (Wildman–Crippen MR) is 120 cm³/mol. The van der Waals surface area contributed by atoms with Crippen LogP contribution in [-0.4, -0.2) is 30.1 Å². The summed E-state index contributed by atoms with van der Waals surface area (Å²) in [4.78, 5) is 18.2. The lowest BCUT2D eigenvalue weighted by Crippen LogP contribution is -2.33. The van der Waals surface area contributed by atoms with Gasteiger partial charge in [0, 0.05) is 36.4 Å². The molecular weight excluding hydrogens is 435 g/mol. The molecule has 2 atom stereocenters. The van der Waals surface area contributed by atoms with Gasteiger partial charge < -0.3 is 15.1 Å². The molecule has 1 aliphatic carbocycles. The van der Waals surface area contributed by atoms with Gasteiger partial charge >= 0.3 is 6.18 Å². The molecule has 1 saturated heterocycles. The van der Waals surface area contributed by atoms with Gasteiger partial charge in [0.15, 0.2) is 0 Å². The van der Waals surface area contributed by atoms with Gasteiger partial charge in [0.1, 0.15) is 5.70 Å². The minimum Gasteiger partial charge on any atom is -0.371 e. The number of amides is 1. The lowest BCUT2D eigenvalue weighted by molar-refractivity contribution is -0.154. The number of piperidine rings is 1. The van der Waals surface area contributed by atoms with E-state index in [4.69, 9.17) is 0 Å². The lowest BCUT2D eigenvalue weighted by atomic mass is 10.0. The highest BCUT2D eigenvalue weighted by molar-refractivity contribution is 8.06. The van der Waals surface area contributed by atoms with Gasteiger partial charge in [-0.2, -0.15) is 13.2 Å². The highest BCUT2D eigenvalue weighted by atomic mass is 32.2. The number of carbonyl (C=O) groups excluding carboxylic acids is 1. The monoisotopic (exact) mass is 461 g/mol. The van der Waals surface area contributed by atoms with Crippen molar-refractivity contribution in [2.75, 3.05) is 18.0 Å². The number of benzene rings is 1. The Balaban J connectivity index is 1.19. The third kappa shape index (κ3) is 3.83. The van der Waals surface area contributed by atoms with Gasteiger partial charge in [-0.25, -0.2) is 0 Å². The molecule has 1 amide bonds. The molecular formula is C24H26F3N3OS. The number of thioether (sulfide) groups is 1. The minimum absolute atomic E-state index is 0.0825. The first-order valence-electron chi connectivity index (χ1n) is 11.0. The number of nitrogens with zero attached hydrogens (tertiary/aromatic N) is 2. The second kappa shape index (κ2) is 7.90. The first kappa shape index (κ1) is 21.5. The number of allylic oxidation sites excluding steroid dienone is 3. The average molecular weight is 462 g/mol. The van der Waals surface area contributed by atoms with E-state index in [-0.39, 0.29) is 17.7 Å². The smallest absolute Gasteiger partial charge is 0.371 e. The Kier molecular flexibility index (Phi) is 5.31. The van der Waals surface area contributed by atoms with Gasteiger partial charge in [-0.1, -0.05) is 30.8 Å². The molecule has 170 valence electrons. The molecule has 8 heteroatoms. The van der Waals surface area contributed by atoms with Crippen LogP contribution in [0.5, 0.6) is 0 Å². The van der Waals surface area contributed by atoms with Crippen molar-refractivity contribution in [2.24, 2.45) is 17.8 Å². The van der Waals surface area contributed by atoms with Gasteiger partial charge in [-0.05, 0) is 60.9 Å². The van der Waals surface area contributed by atoms with Crippen molar-refractivity contribution in [1.82, 2.24) is 10.2 Å². The molecule has 2 fully saturated rings. The van der Waals surface area contributed by atoms with E-state index in [1.54, 1.807) is 11.8 Å². The van der Waals surface area contributed by atoms with Crippen molar-refractivity contribution in [1.29, 1.82) is 0 Å². The summed E-state index contributed by atoms with van der Waals surface area (Å²) in [6, 6.07) is 7.77. The van der Waals surface area contributed by atoms with Crippen LogP contribution < -0.4 is 10.2 Å². The maximum Gasteiger partial charge on any atom is 0.392 e. The minimum atomic E-state index is -4.06. The maximum atomic E-state index is 13.0. The molecule has 0 aromatic heterocycles. The second-order valence-corrected chi connectivity index (χ2v) is 10.2. The molecule has 1 N–H and O–H groups in total. The number of anilines is 1. The normalized spacial score (nSPS) is 26.6. The summed E-state index contributed by atoms with van der Waals surface area (Å²) in [6.07, 6.45) is 1.74. The van der Waals surface area contributed by atoms with E-state index in [0.717, 1.165) is 45.3 Å². The first-order chi connectivity index (χ1) is 15.3. The van der Waals surface area contributed by atoms with E-state index >= 15 is 0 Å². The molecule has 4 nitrogen and oxygen atoms in total. The molecule has 32 heavy (non-hydrogen) atoms. The fraction of sp³-hybridized carbons (Fsp3) is 0.458. The Morgan fingerprint density at radius 3 is 2.50 bits per heavy atom. The van der Waals surface area contributed by atoms with Crippen LogP contribution in [0.2, 0.25) is 0 Å². The van der Waals surface area contributed by atoms with E-state index in [1.165, 1.54) is 0 Å². The zero-order valence-corrected chi connectivity index (χ0v) is 18.9. The van der Waals surface area contributed by atoms with Crippen LogP contribution in [0, 0.1) is 17.8 Å². The van der Waals surface area contributed by atoms with E-state index in [0.29, 0.717) is 19.6 Å². The largest absolute Gasteiger partial charge is 0.392 e. The Morgan fingerprint density at radius 2 is 1.88 bits per heavy atom. The van der Waals surface area contributed by atoms with Crippen LogP contribution in [0.4, 0.5) is 18.9 Å². The molecule has 3 heterocycles. The van der Waals surface area contributed by atoms with Gasteiger partial charge in [-0.3, -0.25) is 4.79 Å². The third-order valence-electron chi connectivity index (χ3n) is 6.88. The molecule has 2 unspecified atom stereocenters. The number of fused-ring (bicyclic) bond motifs is 2. The van der Waals surface area contributed by atoms with Crippen LogP contribution in [0.1, 0.15) is 32.3 Å². The Bertz CT molecular complexity index is 1020. The van der Waals surface area contributed by atoms with E-state index in [2.05, 4.69) is 18.3 Å². The molecule has 5 rings (SSSR count). The number of alkyl halides is 3. The fourth-order valence-corrected chi connectivity index (χ4v) is 6.07. The number of halogens is 3. The quantitative estimate of drug-likeness (QED) is 0.640. The molecule has 0 bridgehead atoms. The molecule has 0 spiro atoms. The van der Waals surface area contributed by atoms with Crippen LogP contribution in [0.15, 0.2) is 57.7 Å². The summed E-state index contributed by atoms with van der Waals surface area (Å²) in [5.41, 5.74) is 3.76. The van der Waals surface area contributed by atoms with Crippen molar-refractivity contribution in [3.05, 3.63) is 63.3 Å².